The van der Waals surface area contributed by atoms with Gasteiger partial charge >= 0.3 is 5.97 Å². The lowest BCUT2D eigenvalue weighted by molar-refractivity contribution is -0.139. The van der Waals surface area contributed by atoms with E-state index in [9.17, 15) is 4.79 Å². The minimum atomic E-state index is -0.746. The van der Waals surface area contributed by atoms with Crippen molar-refractivity contribution in [3.05, 3.63) is 35.4 Å². The molecular weight excluding hydrogens is 206 g/mol. The molecule has 0 aliphatic carbocycles. The average molecular weight is 223 g/mol. The summed E-state index contributed by atoms with van der Waals surface area (Å²) >= 11 is 0. The first kappa shape index (κ1) is 12.7. The minimum Gasteiger partial charge on any atom is -0.469 e. The fourth-order valence-corrected chi connectivity index (χ4v) is 1.33. The molecular formula is C12H17NO3. The molecule has 0 saturated carbocycles. The lowest BCUT2D eigenvalue weighted by Gasteiger charge is -2.22. The number of benzene rings is 1. The standard InChI is InChI=1S/C12H17NO3/c1-12(13,8-14)10-5-3-9(4-6-10)7-11(15)16-2/h3-6,14H,7-8,13H2,1-2H3/t12-/m1/s1. The van der Waals surface area contributed by atoms with Crippen molar-refractivity contribution >= 4 is 5.97 Å². The number of carbonyl (C=O) groups is 1. The van der Waals surface area contributed by atoms with E-state index in [1.54, 1.807) is 6.92 Å². The number of esters is 1. The van der Waals surface area contributed by atoms with Gasteiger partial charge in [0.2, 0.25) is 0 Å². The van der Waals surface area contributed by atoms with Crippen molar-refractivity contribution in [2.75, 3.05) is 13.7 Å². The maximum Gasteiger partial charge on any atom is 0.309 e. The van der Waals surface area contributed by atoms with Crippen molar-refractivity contribution in [3.63, 3.8) is 0 Å². The molecule has 1 aromatic rings. The molecule has 1 aromatic carbocycles. The number of nitrogens with two attached hydrogens (primary N) is 1. The molecule has 0 fully saturated rings. The van der Waals surface area contributed by atoms with Crippen molar-refractivity contribution < 1.29 is 14.6 Å². The second kappa shape index (κ2) is 5.09. The van der Waals surface area contributed by atoms with Crippen molar-refractivity contribution in [1.29, 1.82) is 0 Å². The summed E-state index contributed by atoms with van der Waals surface area (Å²) in [6.07, 6.45) is 0.247. The summed E-state index contributed by atoms with van der Waals surface area (Å²) in [7, 11) is 1.36. The maximum atomic E-state index is 11.0. The maximum absolute atomic E-state index is 11.0. The Hall–Kier alpha value is -1.39. The second-order valence-corrected chi connectivity index (χ2v) is 4.03. The molecule has 16 heavy (non-hydrogen) atoms. The summed E-state index contributed by atoms with van der Waals surface area (Å²) in [5.41, 5.74) is 6.83. The van der Waals surface area contributed by atoms with Gasteiger partial charge < -0.3 is 15.6 Å². The summed E-state index contributed by atoms with van der Waals surface area (Å²) in [4.78, 5) is 11.0. The van der Waals surface area contributed by atoms with E-state index >= 15 is 0 Å². The van der Waals surface area contributed by atoms with E-state index in [4.69, 9.17) is 10.8 Å². The molecule has 0 bridgehead atoms. The zero-order valence-corrected chi connectivity index (χ0v) is 9.56. The molecule has 0 aliphatic heterocycles. The highest BCUT2D eigenvalue weighted by Crippen LogP contribution is 2.17. The van der Waals surface area contributed by atoms with Crippen LogP contribution in [0.1, 0.15) is 18.1 Å². The highest BCUT2D eigenvalue weighted by molar-refractivity contribution is 5.72. The Kier molecular flexibility index (Phi) is 4.04. The number of hydrogen-bond acceptors (Lipinski definition) is 4. The van der Waals surface area contributed by atoms with Gasteiger partial charge in [0.15, 0.2) is 0 Å². The number of aliphatic hydroxyl groups is 1. The highest BCUT2D eigenvalue weighted by atomic mass is 16.5. The van der Waals surface area contributed by atoms with Gasteiger partial charge in [-0.1, -0.05) is 24.3 Å². The van der Waals surface area contributed by atoms with Gasteiger partial charge in [-0.2, -0.15) is 0 Å². The van der Waals surface area contributed by atoms with Crippen LogP contribution in [-0.4, -0.2) is 24.8 Å². The smallest absolute Gasteiger partial charge is 0.309 e. The fraction of sp³-hybridized carbons (Fsp3) is 0.417. The van der Waals surface area contributed by atoms with E-state index in [1.165, 1.54) is 7.11 Å². The molecule has 0 aliphatic rings. The van der Waals surface area contributed by atoms with Crippen LogP contribution in [0.3, 0.4) is 0 Å². The Balaban J connectivity index is 2.79. The molecule has 88 valence electrons. The number of rotatable bonds is 4. The van der Waals surface area contributed by atoms with Crippen LogP contribution in [0.2, 0.25) is 0 Å². The molecule has 0 heterocycles. The van der Waals surface area contributed by atoms with Crippen molar-refractivity contribution in [1.82, 2.24) is 0 Å². The lowest BCUT2D eigenvalue weighted by atomic mass is 9.93. The molecule has 4 heteroatoms. The molecule has 0 radical (unpaired) electrons. The third-order valence-electron chi connectivity index (χ3n) is 2.52. The first-order chi connectivity index (χ1) is 7.49. The van der Waals surface area contributed by atoms with E-state index < -0.39 is 5.54 Å². The first-order valence-electron chi connectivity index (χ1n) is 5.05. The van der Waals surface area contributed by atoms with Gasteiger partial charge in [-0.05, 0) is 18.1 Å². The van der Waals surface area contributed by atoms with E-state index in [0.29, 0.717) is 0 Å². The van der Waals surface area contributed by atoms with Gasteiger partial charge in [0.05, 0.1) is 25.7 Å². The van der Waals surface area contributed by atoms with Gasteiger partial charge in [-0.3, -0.25) is 4.79 Å². The molecule has 1 atom stereocenters. The summed E-state index contributed by atoms with van der Waals surface area (Å²) in [6, 6.07) is 7.25. The molecule has 0 amide bonds. The van der Waals surface area contributed by atoms with Gasteiger partial charge in [0, 0.05) is 0 Å². The van der Waals surface area contributed by atoms with E-state index in [1.807, 2.05) is 24.3 Å². The SMILES string of the molecule is COC(=O)Cc1ccc([C@](C)(N)CO)cc1. The number of aliphatic hydroxyl groups excluding tert-OH is 1. The van der Waals surface area contributed by atoms with Crippen molar-refractivity contribution in [2.24, 2.45) is 5.73 Å². The zero-order valence-electron chi connectivity index (χ0n) is 9.56. The summed E-state index contributed by atoms with van der Waals surface area (Å²) in [5.74, 6) is -0.273. The predicted octanol–water partition coefficient (Wildman–Crippen LogP) is 0.568. The van der Waals surface area contributed by atoms with Crippen LogP contribution in [0, 0.1) is 0 Å². The van der Waals surface area contributed by atoms with E-state index in [-0.39, 0.29) is 19.0 Å². The Labute approximate surface area is 95.0 Å². The zero-order chi connectivity index (χ0) is 12.2. The molecule has 1 rings (SSSR count). The Morgan fingerprint density at radius 1 is 1.44 bits per heavy atom. The van der Waals surface area contributed by atoms with Gasteiger partial charge in [-0.15, -0.1) is 0 Å². The highest BCUT2D eigenvalue weighted by Gasteiger charge is 2.19. The summed E-state index contributed by atoms with van der Waals surface area (Å²) in [5, 5.41) is 9.10. The molecule has 0 aromatic heterocycles. The normalized spacial score (nSPS) is 14.2. The largest absolute Gasteiger partial charge is 0.469 e. The van der Waals surface area contributed by atoms with Crippen LogP contribution in [-0.2, 0) is 21.5 Å². The topological polar surface area (TPSA) is 72.5 Å². The minimum absolute atomic E-state index is 0.122. The monoisotopic (exact) mass is 223 g/mol. The third-order valence-corrected chi connectivity index (χ3v) is 2.52. The van der Waals surface area contributed by atoms with Gasteiger partial charge in [0.1, 0.15) is 0 Å². The van der Waals surface area contributed by atoms with Crippen LogP contribution < -0.4 is 5.73 Å². The lowest BCUT2D eigenvalue weighted by Crippen LogP contribution is -2.36. The van der Waals surface area contributed by atoms with Crippen LogP contribution in [0.25, 0.3) is 0 Å². The number of hydrogen-bond donors (Lipinski definition) is 2. The summed E-state index contributed by atoms with van der Waals surface area (Å²) < 4.78 is 4.57. The van der Waals surface area contributed by atoms with Gasteiger partial charge in [0.25, 0.3) is 0 Å². The quantitative estimate of drug-likeness (QED) is 0.732. The van der Waals surface area contributed by atoms with Crippen molar-refractivity contribution in [3.8, 4) is 0 Å². The molecule has 4 nitrogen and oxygen atoms in total. The Morgan fingerprint density at radius 3 is 2.44 bits per heavy atom. The number of methoxy groups -OCH3 is 1. The Morgan fingerprint density at radius 2 is 2.00 bits per heavy atom. The first-order valence-corrected chi connectivity index (χ1v) is 5.05. The van der Waals surface area contributed by atoms with Crippen molar-refractivity contribution in [2.45, 2.75) is 18.9 Å². The molecule has 0 unspecified atom stereocenters. The third kappa shape index (κ3) is 3.05. The molecule has 3 N–H and O–H groups in total. The van der Waals surface area contributed by atoms with Crippen LogP contribution in [0.15, 0.2) is 24.3 Å². The molecule has 0 saturated heterocycles. The Bertz CT molecular complexity index is 357. The molecule has 0 spiro atoms. The number of ether oxygens (including phenoxy) is 1. The summed E-state index contributed by atoms with van der Waals surface area (Å²) in [6.45, 7) is 1.63. The van der Waals surface area contributed by atoms with Crippen LogP contribution in [0.5, 0.6) is 0 Å². The van der Waals surface area contributed by atoms with Gasteiger partial charge in [-0.25, -0.2) is 0 Å². The average Bonchev–Trinajstić information content (AvgIpc) is 2.29. The second-order valence-electron chi connectivity index (χ2n) is 4.03. The number of carbonyl (C=O) groups excluding carboxylic acids is 1. The van der Waals surface area contributed by atoms with E-state index in [2.05, 4.69) is 4.74 Å². The van der Waals surface area contributed by atoms with Crippen LogP contribution >= 0.6 is 0 Å². The fourth-order valence-electron chi connectivity index (χ4n) is 1.33. The van der Waals surface area contributed by atoms with Crippen LogP contribution in [0.4, 0.5) is 0 Å². The van der Waals surface area contributed by atoms with E-state index in [0.717, 1.165) is 11.1 Å². The predicted molar refractivity (Wildman–Crippen MR) is 60.8 cm³/mol.